The number of carbonyl (C=O) groups is 1. The lowest BCUT2D eigenvalue weighted by Crippen LogP contribution is -2.39. The van der Waals surface area contributed by atoms with E-state index in [4.69, 9.17) is 4.74 Å². The summed E-state index contributed by atoms with van der Waals surface area (Å²) in [5.41, 5.74) is 0.589. The van der Waals surface area contributed by atoms with Crippen molar-refractivity contribution >= 4 is 11.7 Å². The normalized spacial score (nSPS) is 11.0. The number of amides is 2. The third-order valence-corrected chi connectivity index (χ3v) is 4.12. The van der Waals surface area contributed by atoms with E-state index in [0.29, 0.717) is 24.4 Å². The lowest BCUT2D eigenvalue weighted by Gasteiger charge is -2.31. The van der Waals surface area contributed by atoms with Crippen molar-refractivity contribution in [2.75, 3.05) is 25.6 Å². The van der Waals surface area contributed by atoms with Crippen molar-refractivity contribution in [1.29, 1.82) is 0 Å². The van der Waals surface area contributed by atoms with E-state index in [-0.39, 0.29) is 18.1 Å². The molecule has 0 aliphatic heterocycles. The molecule has 0 aromatic heterocycles. The predicted octanol–water partition coefficient (Wildman–Crippen LogP) is 3.01. The van der Waals surface area contributed by atoms with Crippen molar-refractivity contribution in [3.05, 3.63) is 24.3 Å². The minimum Gasteiger partial charge on any atom is -0.495 e. The molecule has 1 aromatic rings. The van der Waals surface area contributed by atoms with Crippen LogP contribution in [0.25, 0.3) is 0 Å². The first kappa shape index (κ1) is 17.3. The standard InChI is InChI=1S/C16H26N2O3/c1-4-16(5-2,10-11-19)12-17-15(20)18-13-8-6-7-9-14(13)21-3/h6-9,19H,4-5,10-12H2,1-3H3,(H2,17,18,20). The Morgan fingerprint density at radius 1 is 1.29 bits per heavy atom. The molecular formula is C16H26N2O3. The summed E-state index contributed by atoms with van der Waals surface area (Å²) in [5, 5.41) is 14.9. The third-order valence-electron chi connectivity index (χ3n) is 4.12. The Hall–Kier alpha value is -1.75. The molecular weight excluding hydrogens is 268 g/mol. The van der Waals surface area contributed by atoms with Crippen LogP contribution in [0.2, 0.25) is 0 Å². The number of hydrogen-bond acceptors (Lipinski definition) is 3. The Morgan fingerprint density at radius 2 is 1.95 bits per heavy atom. The number of urea groups is 1. The predicted molar refractivity (Wildman–Crippen MR) is 84.7 cm³/mol. The second-order valence-electron chi connectivity index (χ2n) is 5.19. The van der Waals surface area contributed by atoms with Crippen LogP contribution >= 0.6 is 0 Å². The SMILES string of the molecule is CCC(CC)(CCO)CNC(=O)Nc1ccccc1OC. The summed E-state index contributed by atoms with van der Waals surface area (Å²) >= 11 is 0. The minimum absolute atomic E-state index is 0.0487. The fourth-order valence-electron chi connectivity index (χ4n) is 2.36. The summed E-state index contributed by atoms with van der Waals surface area (Å²) in [4.78, 5) is 12.0. The van der Waals surface area contributed by atoms with Crippen LogP contribution in [0.4, 0.5) is 10.5 Å². The van der Waals surface area contributed by atoms with Crippen LogP contribution in [0.15, 0.2) is 24.3 Å². The maximum Gasteiger partial charge on any atom is 0.319 e. The van der Waals surface area contributed by atoms with Gasteiger partial charge in [-0.15, -0.1) is 0 Å². The maximum atomic E-state index is 12.0. The zero-order chi connectivity index (χ0) is 15.7. The van der Waals surface area contributed by atoms with Gasteiger partial charge in [0.15, 0.2) is 0 Å². The maximum absolute atomic E-state index is 12.0. The second kappa shape index (κ2) is 8.52. The smallest absolute Gasteiger partial charge is 0.319 e. The van der Waals surface area contributed by atoms with Crippen molar-refractivity contribution in [1.82, 2.24) is 5.32 Å². The number of methoxy groups -OCH3 is 1. The first-order chi connectivity index (χ1) is 10.1. The van der Waals surface area contributed by atoms with Gasteiger partial charge in [0.1, 0.15) is 5.75 Å². The second-order valence-corrected chi connectivity index (χ2v) is 5.19. The number of ether oxygens (including phenoxy) is 1. The molecule has 1 aromatic carbocycles. The molecule has 0 heterocycles. The number of hydrogen-bond donors (Lipinski definition) is 3. The molecule has 0 aliphatic carbocycles. The Kier molecular flexibility index (Phi) is 7.02. The first-order valence-corrected chi connectivity index (χ1v) is 7.39. The summed E-state index contributed by atoms with van der Waals surface area (Å²) in [5.74, 6) is 0.625. The van der Waals surface area contributed by atoms with Gasteiger partial charge in [-0.05, 0) is 36.8 Å². The lowest BCUT2D eigenvalue weighted by atomic mass is 9.79. The molecule has 2 amide bonds. The number of anilines is 1. The summed E-state index contributed by atoms with van der Waals surface area (Å²) < 4.78 is 5.20. The molecule has 3 N–H and O–H groups in total. The van der Waals surface area contributed by atoms with Crippen LogP contribution in [-0.2, 0) is 0 Å². The number of carbonyl (C=O) groups excluding carboxylic acids is 1. The highest BCUT2D eigenvalue weighted by Crippen LogP contribution is 2.29. The molecule has 1 rings (SSSR count). The van der Waals surface area contributed by atoms with E-state index in [1.54, 1.807) is 19.2 Å². The molecule has 0 saturated heterocycles. The Morgan fingerprint density at radius 3 is 2.52 bits per heavy atom. The van der Waals surface area contributed by atoms with Gasteiger partial charge in [-0.3, -0.25) is 0 Å². The molecule has 0 radical (unpaired) electrons. The van der Waals surface area contributed by atoms with E-state index in [1.807, 2.05) is 12.1 Å². The molecule has 5 nitrogen and oxygen atoms in total. The zero-order valence-corrected chi connectivity index (χ0v) is 13.1. The molecule has 0 aliphatic rings. The summed E-state index contributed by atoms with van der Waals surface area (Å²) in [6.45, 7) is 4.84. The number of aliphatic hydroxyl groups excluding tert-OH is 1. The Bertz CT molecular complexity index is 445. The van der Waals surface area contributed by atoms with Crippen LogP contribution < -0.4 is 15.4 Å². The van der Waals surface area contributed by atoms with Gasteiger partial charge in [-0.1, -0.05) is 26.0 Å². The van der Waals surface area contributed by atoms with Gasteiger partial charge in [-0.2, -0.15) is 0 Å². The number of nitrogens with one attached hydrogen (secondary N) is 2. The van der Waals surface area contributed by atoms with Crippen LogP contribution in [-0.4, -0.2) is 31.4 Å². The molecule has 21 heavy (non-hydrogen) atoms. The third kappa shape index (κ3) is 4.93. The number of rotatable bonds is 8. The van der Waals surface area contributed by atoms with E-state index >= 15 is 0 Å². The Labute approximate surface area is 126 Å². The Balaban J connectivity index is 2.61. The molecule has 0 saturated carbocycles. The van der Waals surface area contributed by atoms with E-state index in [9.17, 15) is 9.90 Å². The number of aliphatic hydroxyl groups is 1. The quantitative estimate of drug-likeness (QED) is 0.690. The first-order valence-electron chi connectivity index (χ1n) is 7.39. The van der Waals surface area contributed by atoms with Gasteiger partial charge in [0.25, 0.3) is 0 Å². The van der Waals surface area contributed by atoms with Gasteiger partial charge in [-0.25, -0.2) is 4.79 Å². The van der Waals surface area contributed by atoms with Gasteiger partial charge in [0.05, 0.1) is 12.8 Å². The van der Waals surface area contributed by atoms with Crippen molar-refractivity contribution in [3.8, 4) is 5.75 Å². The van der Waals surface area contributed by atoms with Gasteiger partial charge < -0.3 is 20.5 Å². The fourth-order valence-corrected chi connectivity index (χ4v) is 2.36. The van der Waals surface area contributed by atoms with Crippen LogP contribution in [0.5, 0.6) is 5.75 Å². The molecule has 0 fully saturated rings. The summed E-state index contributed by atoms with van der Waals surface area (Å²) in [6.07, 6.45) is 2.52. The molecule has 0 spiro atoms. The molecule has 5 heteroatoms. The molecule has 118 valence electrons. The van der Waals surface area contributed by atoms with E-state index in [2.05, 4.69) is 24.5 Å². The zero-order valence-electron chi connectivity index (χ0n) is 13.1. The summed E-state index contributed by atoms with van der Waals surface area (Å²) in [7, 11) is 1.57. The van der Waals surface area contributed by atoms with E-state index in [0.717, 1.165) is 12.8 Å². The fraction of sp³-hybridized carbons (Fsp3) is 0.562. The van der Waals surface area contributed by atoms with Crippen molar-refractivity contribution in [2.45, 2.75) is 33.1 Å². The van der Waals surface area contributed by atoms with Crippen LogP contribution in [0, 0.1) is 5.41 Å². The topological polar surface area (TPSA) is 70.6 Å². The van der Waals surface area contributed by atoms with Gasteiger partial charge in [0, 0.05) is 13.2 Å². The van der Waals surface area contributed by atoms with Crippen molar-refractivity contribution in [2.24, 2.45) is 5.41 Å². The highest BCUT2D eigenvalue weighted by molar-refractivity contribution is 5.90. The van der Waals surface area contributed by atoms with E-state index in [1.165, 1.54) is 0 Å². The number of benzene rings is 1. The monoisotopic (exact) mass is 294 g/mol. The largest absolute Gasteiger partial charge is 0.495 e. The average molecular weight is 294 g/mol. The highest BCUT2D eigenvalue weighted by Gasteiger charge is 2.26. The van der Waals surface area contributed by atoms with Gasteiger partial charge >= 0.3 is 6.03 Å². The molecule has 0 unspecified atom stereocenters. The highest BCUT2D eigenvalue weighted by atomic mass is 16.5. The van der Waals surface area contributed by atoms with Crippen LogP contribution in [0.3, 0.4) is 0 Å². The summed E-state index contributed by atoms with van der Waals surface area (Å²) in [6, 6.07) is 7.01. The lowest BCUT2D eigenvalue weighted by molar-refractivity contribution is 0.165. The van der Waals surface area contributed by atoms with E-state index < -0.39 is 0 Å². The molecule has 0 bridgehead atoms. The van der Waals surface area contributed by atoms with Gasteiger partial charge in [0.2, 0.25) is 0 Å². The van der Waals surface area contributed by atoms with Crippen molar-refractivity contribution in [3.63, 3.8) is 0 Å². The van der Waals surface area contributed by atoms with Crippen LogP contribution in [0.1, 0.15) is 33.1 Å². The van der Waals surface area contributed by atoms with Crippen molar-refractivity contribution < 1.29 is 14.6 Å². The molecule has 0 atom stereocenters. The minimum atomic E-state index is -0.260. The number of para-hydroxylation sites is 2. The average Bonchev–Trinajstić information content (AvgIpc) is 2.52.